The number of piperidine rings is 1. The Labute approximate surface area is 119 Å². The van der Waals surface area contributed by atoms with Gasteiger partial charge in [-0.2, -0.15) is 0 Å². The second kappa shape index (κ2) is 6.20. The van der Waals surface area contributed by atoms with Gasteiger partial charge in [-0.25, -0.2) is 17.5 Å². The van der Waals surface area contributed by atoms with Crippen LogP contribution in [0.1, 0.15) is 18.9 Å². The smallest absolute Gasteiger partial charge is 0.240 e. The summed E-state index contributed by atoms with van der Waals surface area (Å²) in [5.74, 6) is 0.362. The Bertz CT molecular complexity index is 575. The van der Waals surface area contributed by atoms with Crippen molar-refractivity contribution in [3.63, 3.8) is 0 Å². The van der Waals surface area contributed by atoms with Crippen LogP contribution in [0.25, 0.3) is 0 Å². The summed E-state index contributed by atoms with van der Waals surface area (Å²) in [5, 5.41) is 3.29. The molecule has 1 fully saturated rings. The lowest BCUT2D eigenvalue weighted by Crippen LogP contribution is -2.41. The van der Waals surface area contributed by atoms with Gasteiger partial charge < -0.3 is 5.32 Å². The molecule has 0 bridgehead atoms. The average Bonchev–Trinajstić information content (AvgIpc) is 2.37. The largest absolute Gasteiger partial charge is 0.316 e. The van der Waals surface area contributed by atoms with Crippen LogP contribution < -0.4 is 10.0 Å². The van der Waals surface area contributed by atoms with Crippen LogP contribution in [0, 0.1) is 24.6 Å². The number of sulfonamides is 1. The average molecular weight is 300 g/mol. The Hall–Kier alpha value is -0.980. The van der Waals surface area contributed by atoms with Crippen LogP contribution >= 0.6 is 0 Å². The van der Waals surface area contributed by atoms with Crippen LogP contribution in [-0.4, -0.2) is 28.1 Å². The molecule has 2 unspecified atom stereocenters. The van der Waals surface area contributed by atoms with Gasteiger partial charge in [0.1, 0.15) is 5.82 Å². The molecule has 0 amide bonds. The van der Waals surface area contributed by atoms with E-state index in [2.05, 4.69) is 17.0 Å². The standard InChI is InChI=1S/C14H21FN2O2S/c1-10-7-13(15)3-4-14(10)20(18,19)17-9-12-5-6-16-8-11(12)2/h3-4,7,11-12,16-17H,5-6,8-9H2,1-2H3. The second-order valence-corrected chi connectivity index (χ2v) is 7.23. The monoisotopic (exact) mass is 300 g/mol. The molecule has 0 aromatic heterocycles. The highest BCUT2D eigenvalue weighted by Crippen LogP contribution is 2.20. The third-order valence-electron chi connectivity index (χ3n) is 3.92. The highest BCUT2D eigenvalue weighted by Gasteiger charge is 2.24. The Morgan fingerprint density at radius 2 is 2.20 bits per heavy atom. The molecule has 0 saturated carbocycles. The number of nitrogens with one attached hydrogen (secondary N) is 2. The van der Waals surface area contributed by atoms with Crippen molar-refractivity contribution in [1.29, 1.82) is 0 Å². The molecule has 4 nitrogen and oxygen atoms in total. The van der Waals surface area contributed by atoms with Crippen LogP contribution in [-0.2, 0) is 10.0 Å². The first-order valence-electron chi connectivity index (χ1n) is 6.86. The van der Waals surface area contributed by atoms with E-state index in [4.69, 9.17) is 0 Å². The normalized spacial score (nSPS) is 23.8. The summed E-state index contributed by atoms with van der Waals surface area (Å²) in [7, 11) is -3.57. The highest BCUT2D eigenvalue weighted by atomic mass is 32.2. The van der Waals surface area contributed by atoms with E-state index in [1.165, 1.54) is 18.2 Å². The number of benzene rings is 1. The molecule has 1 aromatic rings. The van der Waals surface area contributed by atoms with Crippen molar-refractivity contribution >= 4 is 10.0 Å². The summed E-state index contributed by atoms with van der Waals surface area (Å²) in [6.07, 6.45) is 0.964. The summed E-state index contributed by atoms with van der Waals surface area (Å²) in [6, 6.07) is 3.73. The molecule has 1 heterocycles. The number of halogens is 1. The zero-order valence-corrected chi connectivity index (χ0v) is 12.6. The van der Waals surface area contributed by atoms with E-state index in [0.717, 1.165) is 19.5 Å². The minimum atomic E-state index is -3.57. The molecular formula is C14H21FN2O2S. The molecular weight excluding hydrogens is 279 g/mol. The van der Waals surface area contributed by atoms with Crippen molar-refractivity contribution in [3.05, 3.63) is 29.6 Å². The van der Waals surface area contributed by atoms with Crippen molar-refractivity contribution in [2.24, 2.45) is 11.8 Å². The third-order valence-corrected chi connectivity index (χ3v) is 5.51. The minimum Gasteiger partial charge on any atom is -0.316 e. The Morgan fingerprint density at radius 3 is 2.85 bits per heavy atom. The fourth-order valence-electron chi connectivity index (χ4n) is 2.58. The second-order valence-electron chi connectivity index (χ2n) is 5.49. The van der Waals surface area contributed by atoms with Crippen molar-refractivity contribution < 1.29 is 12.8 Å². The van der Waals surface area contributed by atoms with Gasteiger partial charge in [-0.05, 0) is 62.0 Å². The molecule has 2 rings (SSSR count). The maximum Gasteiger partial charge on any atom is 0.240 e. The van der Waals surface area contributed by atoms with E-state index in [1.54, 1.807) is 6.92 Å². The fourth-order valence-corrected chi connectivity index (χ4v) is 3.90. The molecule has 20 heavy (non-hydrogen) atoms. The van der Waals surface area contributed by atoms with Gasteiger partial charge in [-0.3, -0.25) is 0 Å². The lowest BCUT2D eigenvalue weighted by molar-refractivity contribution is 0.274. The van der Waals surface area contributed by atoms with Crippen molar-refractivity contribution in [2.45, 2.75) is 25.2 Å². The summed E-state index contributed by atoms with van der Waals surface area (Å²) < 4.78 is 40.2. The van der Waals surface area contributed by atoms with E-state index in [1.807, 2.05) is 0 Å². The van der Waals surface area contributed by atoms with Gasteiger partial charge in [0.05, 0.1) is 4.90 Å². The van der Waals surface area contributed by atoms with Crippen molar-refractivity contribution in [1.82, 2.24) is 10.0 Å². The fraction of sp³-hybridized carbons (Fsp3) is 0.571. The van der Waals surface area contributed by atoms with E-state index < -0.39 is 15.8 Å². The van der Waals surface area contributed by atoms with Crippen LogP contribution in [0.2, 0.25) is 0 Å². The number of aryl methyl sites for hydroxylation is 1. The highest BCUT2D eigenvalue weighted by molar-refractivity contribution is 7.89. The first-order chi connectivity index (χ1) is 9.40. The molecule has 0 radical (unpaired) electrons. The quantitative estimate of drug-likeness (QED) is 0.889. The topological polar surface area (TPSA) is 58.2 Å². The molecule has 0 aliphatic carbocycles. The third kappa shape index (κ3) is 3.56. The minimum absolute atomic E-state index is 0.153. The number of hydrogen-bond donors (Lipinski definition) is 2. The Morgan fingerprint density at radius 1 is 1.45 bits per heavy atom. The van der Waals surface area contributed by atoms with Gasteiger partial charge in [-0.15, -0.1) is 0 Å². The van der Waals surface area contributed by atoms with Crippen LogP contribution in [0.4, 0.5) is 4.39 Å². The van der Waals surface area contributed by atoms with Crippen LogP contribution in [0.5, 0.6) is 0 Å². The van der Waals surface area contributed by atoms with Crippen LogP contribution in [0.15, 0.2) is 23.1 Å². The SMILES string of the molecule is Cc1cc(F)ccc1S(=O)(=O)NCC1CCNCC1C. The molecule has 112 valence electrons. The first kappa shape index (κ1) is 15.4. The molecule has 0 spiro atoms. The van der Waals surface area contributed by atoms with Gasteiger partial charge in [0.25, 0.3) is 0 Å². The van der Waals surface area contributed by atoms with E-state index >= 15 is 0 Å². The molecule has 2 atom stereocenters. The molecule has 1 aromatic carbocycles. The first-order valence-corrected chi connectivity index (χ1v) is 8.35. The van der Waals surface area contributed by atoms with Crippen LogP contribution in [0.3, 0.4) is 0 Å². The Balaban J connectivity index is 2.07. The molecule has 1 aliphatic heterocycles. The zero-order chi connectivity index (χ0) is 14.8. The summed E-state index contributed by atoms with van der Waals surface area (Å²) in [4.78, 5) is 0.153. The maximum atomic E-state index is 13.0. The number of rotatable bonds is 4. The summed E-state index contributed by atoms with van der Waals surface area (Å²) >= 11 is 0. The summed E-state index contributed by atoms with van der Waals surface area (Å²) in [6.45, 7) is 6.00. The van der Waals surface area contributed by atoms with Gasteiger partial charge in [0, 0.05) is 6.54 Å². The maximum absolute atomic E-state index is 13.0. The van der Waals surface area contributed by atoms with E-state index in [-0.39, 0.29) is 4.90 Å². The van der Waals surface area contributed by atoms with E-state index in [9.17, 15) is 12.8 Å². The molecule has 6 heteroatoms. The molecule has 2 N–H and O–H groups in total. The lowest BCUT2D eigenvalue weighted by atomic mass is 9.88. The predicted molar refractivity (Wildman–Crippen MR) is 76.5 cm³/mol. The van der Waals surface area contributed by atoms with Gasteiger partial charge >= 0.3 is 0 Å². The van der Waals surface area contributed by atoms with Crippen molar-refractivity contribution in [2.75, 3.05) is 19.6 Å². The Kier molecular flexibility index (Phi) is 4.78. The van der Waals surface area contributed by atoms with Crippen molar-refractivity contribution in [3.8, 4) is 0 Å². The number of hydrogen-bond acceptors (Lipinski definition) is 3. The summed E-state index contributed by atoms with van der Waals surface area (Å²) in [5.41, 5.74) is 0.427. The molecule has 1 saturated heterocycles. The van der Waals surface area contributed by atoms with Gasteiger partial charge in [-0.1, -0.05) is 6.92 Å². The van der Waals surface area contributed by atoms with E-state index in [0.29, 0.717) is 23.9 Å². The zero-order valence-electron chi connectivity index (χ0n) is 11.8. The van der Waals surface area contributed by atoms with Gasteiger partial charge in [0.15, 0.2) is 0 Å². The molecule has 1 aliphatic rings. The van der Waals surface area contributed by atoms with Gasteiger partial charge in [0.2, 0.25) is 10.0 Å². The lowest BCUT2D eigenvalue weighted by Gasteiger charge is -2.29. The predicted octanol–water partition coefficient (Wildman–Crippen LogP) is 1.66.